The Labute approximate surface area is 171 Å². The number of hydrogen-bond donors (Lipinski definition) is 1. The lowest BCUT2D eigenvalue weighted by Gasteiger charge is -2.16. The summed E-state index contributed by atoms with van der Waals surface area (Å²) < 4.78 is 1.80. The van der Waals surface area contributed by atoms with Crippen LogP contribution in [0.2, 0.25) is 0 Å². The van der Waals surface area contributed by atoms with Gasteiger partial charge in [0.05, 0.1) is 11.3 Å². The van der Waals surface area contributed by atoms with E-state index in [0.29, 0.717) is 11.5 Å². The maximum atomic E-state index is 13.3. The summed E-state index contributed by atoms with van der Waals surface area (Å²) in [4.78, 5) is 15.2. The Hall–Kier alpha value is -2.63. The van der Waals surface area contributed by atoms with Crippen molar-refractivity contribution in [2.75, 3.05) is 26.7 Å². The van der Waals surface area contributed by atoms with Crippen molar-refractivity contribution in [1.29, 1.82) is 0 Å². The second-order valence-corrected chi connectivity index (χ2v) is 7.00. The van der Waals surface area contributed by atoms with Crippen molar-refractivity contribution in [3.05, 3.63) is 72.4 Å². The molecule has 0 bridgehead atoms. The number of halogens is 1. The van der Waals surface area contributed by atoms with Gasteiger partial charge in [-0.1, -0.05) is 48.5 Å². The van der Waals surface area contributed by atoms with E-state index in [1.807, 2.05) is 78.8 Å². The fraction of sp³-hybridized carbons (Fsp3) is 0.273. The van der Waals surface area contributed by atoms with Gasteiger partial charge < -0.3 is 10.2 Å². The molecule has 6 heteroatoms. The standard InChI is InChI=1S/C22H24N4O.ClH/c1-23-14-17-12-13-25(15-17)22(27)20-16-26(19-10-6-3-7-11-19)24-21(20)18-8-4-2-5-9-18;/h2-11,16-17,23H,12-15H2,1H3;1H. The molecular formula is C22H25ClN4O. The molecule has 0 aliphatic carbocycles. The first kappa shape index (κ1) is 20.1. The fourth-order valence-corrected chi connectivity index (χ4v) is 3.70. The maximum Gasteiger partial charge on any atom is 0.257 e. The summed E-state index contributed by atoms with van der Waals surface area (Å²) in [6, 6.07) is 19.8. The molecule has 28 heavy (non-hydrogen) atoms. The van der Waals surface area contributed by atoms with Crippen LogP contribution >= 0.6 is 12.4 Å². The van der Waals surface area contributed by atoms with Crippen LogP contribution in [0.5, 0.6) is 0 Å². The molecule has 1 N–H and O–H groups in total. The summed E-state index contributed by atoms with van der Waals surface area (Å²) in [6.07, 6.45) is 2.91. The second-order valence-electron chi connectivity index (χ2n) is 7.00. The van der Waals surface area contributed by atoms with E-state index in [-0.39, 0.29) is 18.3 Å². The number of hydrogen-bond acceptors (Lipinski definition) is 3. The van der Waals surface area contributed by atoms with E-state index in [4.69, 9.17) is 5.10 Å². The summed E-state index contributed by atoms with van der Waals surface area (Å²) >= 11 is 0. The molecule has 2 aromatic carbocycles. The molecule has 5 nitrogen and oxygen atoms in total. The second kappa shape index (κ2) is 9.04. The van der Waals surface area contributed by atoms with Gasteiger partial charge in [-0.25, -0.2) is 4.68 Å². The molecule has 1 atom stereocenters. The first-order valence-electron chi connectivity index (χ1n) is 9.40. The van der Waals surface area contributed by atoms with Crippen molar-refractivity contribution in [2.45, 2.75) is 6.42 Å². The normalized spacial score (nSPS) is 16.0. The van der Waals surface area contributed by atoms with Crippen molar-refractivity contribution in [1.82, 2.24) is 20.0 Å². The van der Waals surface area contributed by atoms with Crippen LogP contribution in [0.15, 0.2) is 66.9 Å². The SMILES string of the molecule is CNCC1CCN(C(=O)c2cn(-c3ccccc3)nc2-c2ccccc2)C1.Cl. The highest BCUT2D eigenvalue weighted by Gasteiger charge is 2.29. The number of nitrogens with zero attached hydrogens (tertiary/aromatic N) is 3. The number of carbonyl (C=O) groups excluding carboxylic acids is 1. The molecule has 1 unspecified atom stereocenters. The highest BCUT2D eigenvalue weighted by molar-refractivity contribution is 6.00. The Bertz CT molecular complexity index is 911. The van der Waals surface area contributed by atoms with E-state index in [1.165, 1.54) is 0 Å². The lowest BCUT2D eigenvalue weighted by molar-refractivity contribution is 0.0788. The topological polar surface area (TPSA) is 50.2 Å². The minimum atomic E-state index is 0. The van der Waals surface area contributed by atoms with Gasteiger partial charge in [0.15, 0.2) is 0 Å². The molecule has 0 spiro atoms. The van der Waals surface area contributed by atoms with Gasteiger partial charge in [-0.05, 0) is 38.1 Å². The molecule has 1 aliphatic heterocycles. The van der Waals surface area contributed by atoms with Gasteiger partial charge in [0.2, 0.25) is 0 Å². The van der Waals surface area contributed by atoms with E-state index >= 15 is 0 Å². The quantitative estimate of drug-likeness (QED) is 0.716. The molecule has 146 valence electrons. The smallest absolute Gasteiger partial charge is 0.257 e. The van der Waals surface area contributed by atoms with Gasteiger partial charge in [0.1, 0.15) is 5.69 Å². The zero-order valence-corrected chi connectivity index (χ0v) is 16.7. The highest BCUT2D eigenvalue weighted by Crippen LogP contribution is 2.27. The molecule has 1 aliphatic rings. The van der Waals surface area contributed by atoms with Crippen LogP contribution in [0.1, 0.15) is 16.8 Å². The van der Waals surface area contributed by atoms with Gasteiger partial charge in [0.25, 0.3) is 5.91 Å². The van der Waals surface area contributed by atoms with E-state index < -0.39 is 0 Å². The molecule has 3 aromatic rings. The molecule has 1 saturated heterocycles. The van der Waals surface area contributed by atoms with Crippen molar-refractivity contribution >= 4 is 18.3 Å². The number of likely N-dealkylation sites (tertiary alicyclic amines) is 1. The summed E-state index contributed by atoms with van der Waals surface area (Å²) in [6.45, 7) is 2.54. The van der Waals surface area contributed by atoms with Crippen molar-refractivity contribution in [2.24, 2.45) is 5.92 Å². The average Bonchev–Trinajstić information content (AvgIpc) is 3.37. The number of nitrogens with one attached hydrogen (secondary N) is 1. The summed E-state index contributed by atoms with van der Waals surface area (Å²) in [5.74, 6) is 0.581. The molecule has 1 aromatic heterocycles. The van der Waals surface area contributed by atoms with E-state index in [9.17, 15) is 4.79 Å². The average molecular weight is 397 g/mol. The molecule has 4 rings (SSSR count). The van der Waals surface area contributed by atoms with Crippen molar-refractivity contribution in [3.63, 3.8) is 0 Å². The number of aromatic nitrogens is 2. The predicted octanol–water partition coefficient (Wildman–Crippen LogP) is 3.64. The zero-order valence-electron chi connectivity index (χ0n) is 15.9. The molecule has 0 saturated carbocycles. The Kier molecular flexibility index (Phi) is 6.49. The van der Waals surface area contributed by atoms with Crippen LogP contribution < -0.4 is 5.32 Å². The van der Waals surface area contributed by atoms with Gasteiger partial charge in [-0.15, -0.1) is 12.4 Å². The van der Waals surface area contributed by atoms with Crippen molar-refractivity contribution in [3.8, 4) is 16.9 Å². The number of carbonyl (C=O) groups is 1. The van der Waals surface area contributed by atoms with Gasteiger partial charge in [-0.2, -0.15) is 5.10 Å². The minimum absolute atomic E-state index is 0. The lowest BCUT2D eigenvalue weighted by atomic mass is 10.1. The summed E-state index contributed by atoms with van der Waals surface area (Å²) in [7, 11) is 1.96. The van der Waals surface area contributed by atoms with E-state index in [1.54, 1.807) is 4.68 Å². The number of rotatable bonds is 5. The highest BCUT2D eigenvalue weighted by atomic mass is 35.5. The molecule has 0 radical (unpaired) electrons. The van der Waals surface area contributed by atoms with Gasteiger partial charge >= 0.3 is 0 Å². The van der Waals surface area contributed by atoms with Gasteiger partial charge in [0, 0.05) is 24.8 Å². The van der Waals surface area contributed by atoms with Crippen LogP contribution in [0, 0.1) is 5.92 Å². The van der Waals surface area contributed by atoms with Crippen LogP contribution in [-0.2, 0) is 0 Å². The predicted molar refractivity (Wildman–Crippen MR) is 114 cm³/mol. The van der Waals surface area contributed by atoms with Crippen molar-refractivity contribution < 1.29 is 4.79 Å². The molecule has 1 fully saturated rings. The van der Waals surface area contributed by atoms with Crippen LogP contribution in [0.25, 0.3) is 16.9 Å². The Balaban J connectivity index is 0.00000225. The zero-order chi connectivity index (χ0) is 18.6. The first-order chi connectivity index (χ1) is 13.3. The Morgan fingerprint density at radius 2 is 1.79 bits per heavy atom. The first-order valence-corrected chi connectivity index (χ1v) is 9.40. The maximum absolute atomic E-state index is 13.3. The Morgan fingerprint density at radius 3 is 2.46 bits per heavy atom. The monoisotopic (exact) mass is 396 g/mol. The lowest BCUT2D eigenvalue weighted by Crippen LogP contribution is -2.30. The molecular weight excluding hydrogens is 372 g/mol. The third-order valence-corrected chi connectivity index (χ3v) is 5.08. The summed E-state index contributed by atoms with van der Waals surface area (Å²) in [5, 5.41) is 7.97. The number of benzene rings is 2. The molecule has 2 heterocycles. The van der Waals surface area contributed by atoms with E-state index in [2.05, 4.69) is 5.32 Å². The minimum Gasteiger partial charge on any atom is -0.338 e. The van der Waals surface area contributed by atoms with Crippen LogP contribution in [0.4, 0.5) is 0 Å². The largest absolute Gasteiger partial charge is 0.338 e. The molecule has 1 amide bonds. The fourth-order valence-electron chi connectivity index (χ4n) is 3.70. The summed E-state index contributed by atoms with van der Waals surface area (Å²) in [5.41, 5.74) is 3.31. The third kappa shape index (κ3) is 4.11. The number of para-hydroxylation sites is 1. The van der Waals surface area contributed by atoms with E-state index in [0.717, 1.165) is 43.0 Å². The third-order valence-electron chi connectivity index (χ3n) is 5.08. The Morgan fingerprint density at radius 1 is 1.11 bits per heavy atom. The van der Waals surface area contributed by atoms with Crippen LogP contribution in [-0.4, -0.2) is 47.3 Å². The number of amides is 1. The van der Waals surface area contributed by atoms with Crippen LogP contribution in [0.3, 0.4) is 0 Å². The van der Waals surface area contributed by atoms with Gasteiger partial charge in [-0.3, -0.25) is 4.79 Å².